The van der Waals surface area contributed by atoms with E-state index in [1.807, 2.05) is 54.6 Å². The van der Waals surface area contributed by atoms with Crippen LogP contribution in [0, 0.1) is 0 Å². The molecule has 0 bridgehead atoms. The van der Waals surface area contributed by atoms with Gasteiger partial charge in [0.1, 0.15) is 40.3 Å². The van der Waals surface area contributed by atoms with E-state index in [4.69, 9.17) is 13.6 Å². The monoisotopic (exact) mass is 1010 g/mol. The Morgan fingerprint density at radius 1 is 0.474 bits per heavy atom. The first-order valence-corrected chi connectivity index (χ1v) is 27.0. The molecule has 1 unspecified atom stereocenters. The number of hydrogen-bond donors (Lipinski definition) is 1. The minimum atomic E-state index is -0.00856. The van der Waals surface area contributed by atoms with Crippen LogP contribution < -0.4 is 14.5 Å². The molecule has 78 heavy (non-hydrogen) atoms. The van der Waals surface area contributed by atoms with Gasteiger partial charge >= 0.3 is 0 Å². The summed E-state index contributed by atoms with van der Waals surface area (Å²) in [6.45, 7) is 8.88. The maximum absolute atomic E-state index is 11.6. The van der Waals surface area contributed by atoms with Crippen LogP contribution in [0.2, 0.25) is 0 Å². The third-order valence-electron chi connectivity index (χ3n) is 15.3. The van der Waals surface area contributed by atoms with Crippen LogP contribution in [-0.2, 0) is 6.42 Å². The molecule has 3 heterocycles. The lowest BCUT2D eigenvalue weighted by Gasteiger charge is -2.26. The van der Waals surface area contributed by atoms with Gasteiger partial charge in [0.15, 0.2) is 0 Å². The lowest BCUT2D eigenvalue weighted by molar-refractivity contribution is 0.239. The third-order valence-corrected chi connectivity index (χ3v) is 15.3. The third kappa shape index (κ3) is 9.36. The van der Waals surface area contributed by atoms with Crippen molar-refractivity contribution in [1.82, 2.24) is 0 Å². The molecule has 0 amide bonds. The average Bonchev–Trinajstić information content (AvgIpc) is 4.25. The molecule has 13 rings (SSSR count). The number of benzene rings is 10. The summed E-state index contributed by atoms with van der Waals surface area (Å²) >= 11 is 0. The second-order valence-corrected chi connectivity index (χ2v) is 21.1. The van der Waals surface area contributed by atoms with Gasteiger partial charge in [0, 0.05) is 73.4 Å². The van der Waals surface area contributed by atoms with Crippen LogP contribution in [0.3, 0.4) is 0 Å². The predicted molar refractivity (Wildman–Crippen MR) is 322 cm³/mol. The Hall–Kier alpha value is -9.52. The van der Waals surface area contributed by atoms with E-state index >= 15 is 0 Å². The Balaban J connectivity index is 0.745. The van der Waals surface area contributed by atoms with Crippen molar-refractivity contribution in [2.45, 2.75) is 52.1 Å². The molecule has 0 spiro atoms. The minimum Gasteiger partial charge on any atom is -0.507 e. The number of para-hydroxylation sites is 2. The molecule has 1 aliphatic heterocycles. The van der Waals surface area contributed by atoms with E-state index in [0.717, 1.165) is 118 Å². The SMILES string of the molecule is CC(C)c1ccc(N(c2ccc(-c3cc4ccccc4o3)cc2)c2ccc(-c3cc4ccc5cc(/C=C(\O)c6ccc(N(c7ccc(C(C)C)cc7)c7ccc(C8Cc9ccccc9O8)cc7)cc6)ccc5c4o3)cc2)cc1. The van der Waals surface area contributed by atoms with Crippen molar-refractivity contribution < 1.29 is 18.7 Å². The van der Waals surface area contributed by atoms with E-state index in [1.54, 1.807) is 0 Å². The van der Waals surface area contributed by atoms with Gasteiger partial charge in [-0.05, 0) is 191 Å². The maximum Gasteiger partial charge on any atom is 0.142 e. The van der Waals surface area contributed by atoms with Gasteiger partial charge in [-0.25, -0.2) is 0 Å². The van der Waals surface area contributed by atoms with Crippen LogP contribution in [0.25, 0.3) is 67.2 Å². The van der Waals surface area contributed by atoms with E-state index in [-0.39, 0.29) is 11.9 Å². The number of anilines is 6. The average molecular weight is 1020 g/mol. The molecule has 0 radical (unpaired) electrons. The summed E-state index contributed by atoms with van der Waals surface area (Å²) in [5.74, 6) is 3.66. The van der Waals surface area contributed by atoms with Gasteiger partial charge in [0.05, 0.1) is 0 Å². The zero-order chi connectivity index (χ0) is 52.9. The van der Waals surface area contributed by atoms with Gasteiger partial charge in [-0.3, -0.25) is 0 Å². The highest BCUT2D eigenvalue weighted by atomic mass is 16.5. The molecule has 0 saturated heterocycles. The topological polar surface area (TPSA) is 62.2 Å². The Kier molecular flexibility index (Phi) is 12.5. The maximum atomic E-state index is 11.6. The largest absolute Gasteiger partial charge is 0.507 e. The first kappa shape index (κ1) is 48.1. The number of aliphatic hydroxyl groups is 1. The molecule has 1 aliphatic rings. The first-order valence-electron chi connectivity index (χ1n) is 27.0. The molecule has 6 heteroatoms. The highest BCUT2D eigenvalue weighted by Crippen LogP contribution is 2.42. The lowest BCUT2D eigenvalue weighted by Crippen LogP contribution is -2.11. The van der Waals surface area contributed by atoms with Crippen molar-refractivity contribution in [2.24, 2.45) is 0 Å². The molecule has 1 atom stereocenters. The molecule has 0 saturated carbocycles. The minimum absolute atomic E-state index is 0.00856. The van der Waals surface area contributed by atoms with Crippen molar-refractivity contribution in [3.8, 4) is 28.4 Å². The van der Waals surface area contributed by atoms with Gasteiger partial charge in [0.2, 0.25) is 0 Å². The quantitative estimate of drug-likeness (QED) is 0.0917. The summed E-state index contributed by atoms with van der Waals surface area (Å²) in [6.07, 6.45) is 2.68. The summed E-state index contributed by atoms with van der Waals surface area (Å²) in [5, 5.41) is 15.7. The fourth-order valence-electron chi connectivity index (χ4n) is 10.9. The summed E-state index contributed by atoms with van der Waals surface area (Å²) < 4.78 is 19.2. The summed E-state index contributed by atoms with van der Waals surface area (Å²) in [6, 6.07) is 82.7. The van der Waals surface area contributed by atoms with Crippen LogP contribution in [0.4, 0.5) is 34.1 Å². The van der Waals surface area contributed by atoms with Crippen molar-refractivity contribution >= 4 is 78.7 Å². The molecule has 2 aromatic heterocycles. The number of furan rings is 2. The van der Waals surface area contributed by atoms with Crippen molar-refractivity contribution in [1.29, 1.82) is 0 Å². The Labute approximate surface area is 455 Å². The number of fused-ring (bicyclic) bond motifs is 5. The normalized spacial score (nSPS) is 13.4. The van der Waals surface area contributed by atoms with Gasteiger partial charge < -0.3 is 28.5 Å². The number of aliphatic hydroxyl groups excluding tert-OH is 1. The number of rotatable bonds is 13. The fourth-order valence-corrected chi connectivity index (χ4v) is 10.9. The lowest BCUT2D eigenvalue weighted by atomic mass is 10.0. The molecular formula is C72H58N2O4. The van der Waals surface area contributed by atoms with Gasteiger partial charge in [-0.2, -0.15) is 0 Å². The van der Waals surface area contributed by atoms with E-state index < -0.39 is 0 Å². The van der Waals surface area contributed by atoms with Crippen LogP contribution >= 0.6 is 0 Å². The molecule has 380 valence electrons. The Bertz CT molecular complexity index is 4070. The van der Waals surface area contributed by atoms with Crippen LogP contribution in [0.5, 0.6) is 5.75 Å². The zero-order valence-electron chi connectivity index (χ0n) is 44.1. The molecule has 0 fully saturated rings. The first-order chi connectivity index (χ1) is 38.1. The van der Waals surface area contributed by atoms with Crippen LogP contribution in [0.15, 0.2) is 245 Å². The second kappa shape index (κ2) is 20.2. The number of hydrogen-bond acceptors (Lipinski definition) is 6. The highest BCUT2D eigenvalue weighted by molar-refractivity contribution is 6.06. The van der Waals surface area contributed by atoms with E-state index in [0.29, 0.717) is 11.8 Å². The molecule has 1 N–H and O–H groups in total. The predicted octanol–water partition coefficient (Wildman–Crippen LogP) is 20.6. The van der Waals surface area contributed by atoms with Gasteiger partial charge in [-0.15, -0.1) is 0 Å². The fraction of sp³-hybridized carbons (Fsp3) is 0.111. The van der Waals surface area contributed by atoms with Crippen LogP contribution in [-0.4, -0.2) is 5.11 Å². The van der Waals surface area contributed by atoms with Gasteiger partial charge in [0.25, 0.3) is 0 Å². The van der Waals surface area contributed by atoms with E-state index in [2.05, 4.69) is 226 Å². The summed E-state index contributed by atoms with van der Waals surface area (Å²) in [7, 11) is 0. The highest BCUT2D eigenvalue weighted by Gasteiger charge is 2.25. The summed E-state index contributed by atoms with van der Waals surface area (Å²) in [4.78, 5) is 4.55. The van der Waals surface area contributed by atoms with Crippen molar-refractivity contribution in [2.75, 3.05) is 9.80 Å². The van der Waals surface area contributed by atoms with E-state index in [1.165, 1.54) is 16.7 Å². The molecule has 6 nitrogen and oxygen atoms in total. The summed E-state index contributed by atoms with van der Waals surface area (Å²) in [5.41, 5.74) is 16.5. The van der Waals surface area contributed by atoms with Crippen LogP contribution in [0.1, 0.15) is 79.0 Å². The zero-order valence-corrected chi connectivity index (χ0v) is 44.1. The number of ether oxygens (including phenoxy) is 1. The van der Waals surface area contributed by atoms with E-state index in [9.17, 15) is 5.11 Å². The smallest absolute Gasteiger partial charge is 0.142 e. The number of nitrogens with zero attached hydrogens (tertiary/aromatic N) is 2. The second-order valence-electron chi connectivity index (χ2n) is 21.1. The molecular weight excluding hydrogens is 957 g/mol. The van der Waals surface area contributed by atoms with Crippen molar-refractivity contribution in [3.63, 3.8) is 0 Å². The van der Waals surface area contributed by atoms with Gasteiger partial charge in [-0.1, -0.05) is 125 Å². The van der Waals surface area contributed by atoms with Crippen molar-refractivity contribution in [3.05, 3.63) is 270 Å². The molecule has 10 aromatic carbocycles. The molecule has 0 aliphatic carbocycles. The molecule has 12 aromatic rings. The Morgan fingerprint density at radius 3 is 1.55 bits per heavy atom. The standard InChI is InChI=1S/C72H58N2O4/c1-46(2)49-16-28-59(29-17-49)73(62-34-22-52(23-35-62)69-43-56-9-5-7-11-67(56)76-69)61-32-20-51(21-33-61)66(75)42-48-13-40-65-55(41-48)14-15-58-45-71(78-72(58)65)54-26-38-64(39-27-54)74(60-30-18-50(19-31-60)47(3)4)63-36-24-53(25-37-63)70-44-57-10-6-8-12-68(57)77-70/h5-42,44-47,69,75H,43H2,1-4H3/b66-42-. The Morgan fingerprint density at radius 2 is 0.974 bits per heavy atom.